The summed E-state index contributed by atoms with van der Waals surface area (Å²) < 4.78 is 5.71. The van der Waals surface area contributed by atoms with Gasteiger partial charge in [0.15, 0.2) is 0 Å². The minimum atomic E-state index is 0.0211. The molecule has 0 spiro atoms. The number of aromatic nitrogens is 1. The molecule has 0 fully saturated rings. The first-order valence-corrected chi connectivity index (χ1v) is 8.42. The van der Waals surface area contributed by atoms with Gasteiger partial charge in [0.25, 0.3) is 0 Å². The van der Waals surface area contributed by atoms with Crippen LogP contribution in [-0.4, -0.2) is 17.4 Å². The average molecular weight is 326 g/mol. The maximum atomic E-state index is 12.6. The molecular formula is C18H18N2O2S. The van der Waals surface area contributed by atoms with Crippen molar-refractivity contribution in [3.8, 4) is 10.8 Å². The van der Waals surface area contributed by atoms with E-state index in [4.69, 9.17) is 4.42 Å². The number of benzene rings is 1. The summed E-state index contributed by atoms with van der Waals surface area (Å²) in [6, 6.07) is 13.6. The predicted octanol–water partition coefficient (Wildman–Crippen LogP) is 4.31. The topological polar surface area (TPSA) is 46.3 Å². The number of likely N-dealkylation sites (N-methyl/N-ethyl adjacent to an activating group) is 1. The van der Waals surface area contributed by atoms with Gasteiger partial charge < -0.3 is 9.32 Å². The molecule has 0 atom stereocenters. The summed E-state index contributed by atoms with van der Waals surface area (Å²) in [7, 11) is 0. The first-order valence-electron chi connectivity index (χ1n) is 7.54. The van der Waals surface area contributed by atoms with E-state index in [2.05, 4.69) is 4.98 Å². The standard InChI is InChI=1S/C18H18N2O2S/c1-3-20(14-8-5-4-6-9-14)17(21)12-15-13(2)22-18(19-15)16-10-7-11-23-16/h4-11H,3,12H2,1-2H3. The molecule has 4 nitrogen and oxygen atoms in total. The van der Waals surface area contributed by atoms with Gasteiger partial charge in [-0.3, -0.25) is 4.79 Å². The molecule has 0 saturated carbocycles. The molecule has 3 aromatic rings. The average Bonchev–Trinajstić information content (AvgIpc) is 3.20. The van der Waals surface area contributed by atoms with Gasteiger partial charge in [0.1, 0.15) is 5.76 Å². The molecule has 0 radical (unpaired) electrons. The third-order valence-corrected chi connectivity index (χ3v) is 4.49. The molecule has 2 heterocycles. The Bertz CT molecular complexity index is 779. The molecule has 1 aromatic carbocycles. The highest BCUT2D eigenvalue weighted by atomic mass is 32.1. The maximum absolute atomic E-state index is 12.6. The van der Waals surface area contributed by atoms with E-state index in [0.29, 0.717) is 23.9 Å². The van der Waals surface area contributed by atoms with Crippen molar-refractivity contribution in [1.82, 2.24) is 4.98 Å². The first-order chi connectivity index (χ1) is 11.2. The fraction of sp³-hybridized carbons (Fsp3) is 0.222. The van der Waals surface area contributed by atoms with E-state index in [0.717, 1.165) is 10.6 Å². The summed E-state index contributed by atoms with van der Waals surface area (Å²) in [5.74, 6) is 1.31. The molecule has 23 heavy (non-hydrogen) atoms. The van der Waals surface area contributed by atoms with Crippen molar-refractivity contribution < 1.29 is 9.21 Å². The van der Waals surface area contributed by atoms with E-state index in [9.17, 15) is 4.79 Å². The Kier molecular flexibility index (Phi) is 4.57. The molecule has 0 bridgehead atoms. The summed E-state index contributed by atoms with van der Waals surface area (Å²) in [5, 5.41) is 1.98. The van der Waals surface area contributed by atoms with Crippen molar-refractivity contribution in [2.75, 3.05) is 11.4 Å². The normalized spacial score (nSPS) is 10.7. The van der Waals surface area contributed by atoms with Crippen LogP contribution in [-0.2, 0) is 11.2 Å². The van der Waals surface area contributed by atoms with Crippen LogP contribution in [0.1, 0.15) is 18.4 Å². The Morgan fingerprint density at radius 2 is 2.00 bits per heavy atom. The number of carbonyl (C=O) groups excluding carboxylic acids is 1. The predicted molar refractivity (Wildman–Crippen MR) is 92.7 cm³/mol. The summed E-state index contributed by atoms with van der Waals surface area (Å²) in [4.78, 5) is 19.9. The van der Waals surface area contributed by atoms with E-state index >= 15 is 0 Å². The number of para-hydroxylation sites is 1. The van der Waals surface area contributed by atoms with Gasteiger partial charge in [-0.15, -0.1) is 11.3 Å². The van der Waals surface area contributed by atoms with Crippen molar-refractivity contribution >= 4 is 22.9 Å². The summed E-state index contributed by atoms with van der Waals surface area (Å²) in [5.41, 5.74) is 1.60. The summed E-state index contributed by atoms with van der Waals surface area (Å²) in [6.45, 7) is 4.45. The Labute approximate surface area is 139 Å². The Morgan fingerprint density at radius 1 is 1.22 bits per heavy atom. The lowest BCUT2D eigenvalue weighted by Gasteiger charge is -2.20. The number of nitrogens with zero attached hydrogens (tertiary/aromatic N) is 2. The molecular weight excluding hydrogens is 308 g/mol. The lowest BCUT2D eigenvalue weighted by atomic mass is 10.2. The summed E-state index contributed by atoms with van der Waals surface area (Å²) in [6.07, 6.45) is 0.240. The number of oxazole rings is 1. The van der Waals surface area contributed by atoms with Crippen LogP contribution < -0.4 is 4.90 Å². The number of amides is 1. The molecule has 118 valence electrons. The molecule has 0 N–H and O–H groups in total. The zero-order chi connectivity index (χ0) is 16.2. The number of thiophene rings is 1. The third kappa shape index (κ3) is 3.35. The second-order valence-electron chi connectivity index (χ2n) is 5.15. The number of rotatable bonds is 5. The first kappa shape index (κ1) is 15.5. The molecule has 5 heteroatoms. The van der Waals surface area contributed by atoms with Crippen LogP contribution in [0.2, 0.25) is 0 Å². The van der Waals surface area contributed by atoms with Crippen LogP contribution >= 0.6 is 11.3 Å². The van der Waals surface area contributed by atoms with Gasteiger partial charge >= 0.3 is 0 Å². The van der Waals surface area contributed by atoms with Gasteiger partial charge in [-0.05, 0) is 37.4 Å². The molecule has 0 saturated heterocycles. The number of aryl methyl sites for hydroxylation is 1. The van der Waals surface area contributed by atoms with E-state index in [1.165, 1.54) is 0 Å². The van der Waals surface area contributed by atoms with Crippen molar-refractivity contribution in [1.29, 1.82) is 0 Å². The van der Waals surface area contributed by atoms with Gasteiger partial charge in [-0.2, -0.15) is 0 Å². The highest BCUT2D eigenvalue weighted by molar-refractivity contribution is 7.13. The largest absolute Gasteiger partial charge is 0.440 e. The zero-order valence-corrected chi connectivity index (χ0v) is 14.0. The third-order valence-electron chi connectivity index (χ3n) is 3.63. The second kappa shape index (κ2) is 6.79. The van der Waals surface area contributed by atoms with Crippen molar-refractivity contribution in [3.05, 3.63) is 59.3 Å². The lowest BCUT2D eigenvalue weighted by Crippen LogP contribution is -2.32. The fourth-order valence-corrected chi connectivity index (χ4v) is 3.10. The molecule has 1 amide bonds. The quantitative estimate of drug-likeness (QED) is 0.702. The van der Waals surface area contributed by atoms with Crippen LogP contribution in [0, 0.1) is 6.92 Å². The van der Waals surface area contributed by atoms with E-state index in [1.54, 1.807) is 16.2 Å². The molecule has 0 aliphatic heterocycles. The van der Waals surface area contributed by atoms with Crippen molar-refractivity contribution in [2.24, 2.45) is 0 Å². The minimum Gasteiger partial charge on any atom is -0.440 e. The molecule has 0 aliphatic carbocycles. The van der Waals surface area contributed by atoms with Gasteiger partial charge in [-0.25, -0.2) is 4.98 Å². The molecule has 3 rings (SSSR count). The lowest BCUT2D eigenvalue weighted by molar-refractivity contribution is -0.118. The number of hydrogen-bond acceptors (Lipinski definition) is 4. The molecule has 2 aromatic heterocycles. The SMILES string of the molecule is CCN(C(=O)Cc1nc(-c2cccs2)oc1C)c1ccccc1. The van der Waals surface area contributed by atoms with E-state index in [-0.39, 0.29) is 12.3 Å². The van der Waals surface area contributed by atoms with Gasteiger partial charge in [-0.1, -0.05) is 24.3 Å². The molecule has 0 unspecified atom stereocenters. The van der Waals surface area contributed by atoms with Crippen LogP contribution in [0.5, 0.6) is 0 Å². The summed E-state index contributed by atoms with van der Waals surface area (Å²) >= 11 is 1.57. The van der Waals surface area contributed by atoms with Crippen molar-refractivity contribution in [3.63, 3.8) is 0 Å². The zero-order valence-electron chi connectivity index (χ0n) is 13.2. The van der Waals surface area contributed by atoms with Crippen molar-refractivity contribution in [2.45, 2.75) is 20.3 Å². The highest BCUT2D eigenvalue weighted by Gasteiger charge is 2.19. The second-order valence-corrected chi connectivity index (χ2v) is 6.10. The highest BCUT2D eigenvalue weighted by Crippen LogP contribution is 2.26. The monoisotopic (exact) mass is 326 g/mol. The Morgan fingerprint density at radius 3 is 2.65 bits per heavy atom. The van der Waals surface area contributed by atoms with Gasteiger partial charge in [0, 0.05) is 12.2 Å². The van der Waals surface area contributed by atoms with Crippen LogP contribution in [0.4, 0.5) is 5.69 Å². The van der Waals surface area contributed by atoms with E-state index < -0.39 is 0 Å². The number of carbonyl (C=O) groups is 1. The number of hydrogen-bond donors (Lipinski definition) is 0. The van der Waals surface area contributed by atoms with Crippen LogP contribution in [0.25, 0.3) is 10.8 Å². The van der Waals surface area contributed by atoms with Crippen LogP contribution in [0.15, 0.2) is 52.3 Å². The number of anilines is 1. The Hall–Kier alpha value is -2.40. The Balaban J connectivity index is 1.80. The minimum absolute atomic E-state index is 0.0211. The van der Waals surface area contributed by atoms with Gasteiger partial charge in [0.2, 0.25) is 11.8 Å². The fourth-order valence-electron chi connectivity index (χ4n) is 2.45. The molecule has 0 aliphatic rings. The maximum Gasteiger partial charge on any atom is 0.236 e. The van der Waals surface area contributed by atoms with E-state index in [1.807, 2.05) is 61.7 Å². The smallest absolute Gasteiger partial charge is 0.236 e. The van der Waals surface area contributed by atoms with Crippen LogP contribution in [0.3, 0.4) is 0 Å². The van der Waals surface area contributed by atoms with Gasteiger partial charge in [0.05, 0.1) is 17.0 Å².